The van der Waals surface area contributed by atoms with Crippen molar-refractivity contribution in [3.8, 4) is 11.1 Å². The maximum Gasteiger partial charge on any atom is 0.490 e. The van der Waals surface area contributed by atoms with E-state index in [1.807, 2.05) is 18.3 Å². The zero-order chi connectivity index (χ0) is 21.3. The fourth-order valence-corrected chi connectivity index (χ4v) is 2.76. The first-order valence-corrected chi connectivity index (χ1v) is 7.96. The highest BCUT2D eigenvalue weighted by Crippen LogP contribution is 2.35. The molecule has 0 saturated heterocycles. The lowest BCUT2D eigenvalue weighted by Crippen LogP contribution is -2.21. The van der Waals surface area contributed by atoms with E-state index in [2.05, 4.69) is 15.0 Å². The number of hydrogen-bond acceptors (Lipinski definition) is 5. The average molecular weight is 407 g/mol. The van der Waals surface area contributed by atoms with Gasteiger partial charge in [0.05, 0.1) is 16.4 Å². The van der Waals surface area contributed by atoms with E-state index in [4.69, 9.17) is 21.4 Å². The molecule has 0 bridgehead atoms. The summed E-state index contributed by atoms with van der Waals surface area (Å²) in [4.78, 5) is 20.4. The number of anilines is 2. The first-order valence-electron chi connectivity index (χ1n) is 7.96. The van der Waals surface area contributed by atoms with E-state index in [1.54, 1.807) is 12.1 Å². The molecule has 6 N–H and O–H groups in total. The molecule has 0 amide bonds. The summed E-state index contributed by atoms with van der Waals surface area (Å²) in [5, 5.41) is 8.80. The number of alkyl halides is 3. The lowest BCUT2D eigenvalue weighted by Gasteiger charge is -2.09. The largest absolute Gasteiger partial charge is 0.490 e. The number of hydrogen-bond donors (Lipinski definition) is 4. The minimum absolute atomic E-state index is 0.130. The number of aromatic nitrogens is 3. The zero-order valence-electron chi connectivity index (χ0n) is 14.5. The van der Waals surface area contributed by atoms with Crippen molar-refractivity contribution in [2.75, 3.05) is 11.5 Å². The van der Waals surface area contributed by atoms with Crippen LogP contribution in [-0.2, 0) is 4.79 Å². The summed E-state index contributed by atoms with van der Waals surface area (Å²) in [6.07, 6.45) is -3.26. The number of aromatic amines is 1. The summed E-state index contributed by atoms with van der Waals surface area (Å²) in [6.45, 7) is 0. The number of rotatable bonds is 1. The van der Waals surface area contributed by atoms with E-state index in [0.29, 0.717) is 11.3 Å². The van der Waals surface area contributed by atoms with Crippen molar-refractivity contribution >= 4 is 39.5 Å². The summed E-state index contributed by atoms with van der Waals surface area (Å²) in [5.41, 5.74) is 15.0. The van der Waals surface area contributed by atoms with Crippen LogP contribution in [-0.4, -0.2) is 32.2 Å². The smallest absolute Gasteiger partial charge is 0.475 e. The first kappa shape index (κ1) is 19.9. The molecule has 2 aromatic carbocycles. The van der Waals surface area contributed by atoms with Gasteiger partial charge >= 0.3 is 12.1 Å². The van der Waals surface area contributed by atoms with Crippen LogP contribution in [0, 0.1) is 5.82 Å². The second-order valence-corrected chi connectivity index (χ2v) is 5.86. The fraction of sp³-hybridized carbons (Fsp3) is 0.0556. The molecule has 0 radical (unpaired) electrons. The van der Waals surface area contributed by atoms with Crippen LogP contribution in [0.5, 0.6) is 0 Å². The topological polar surface area (TPSA) is 131 Å². The van der Waals surface area contributed by atoms with E-state index in [0.717, 1.165) is 27.4 Å². The van der Waals surface area contributed by atoms with E-state index < -0.39 is 12.1 Å². The van der Waals surface area contributed by atoms with E-state index >= 15 is 0 Å². The third kappa shape index (κ3) is 4.03. The second-order valence-electron chi connectivity index (χ2n) is 5.86. The summed E-state index contributed by atoms with van der Waals surface area (Å²) in [5.74, 6) is -2.56. The molecule has 29 heavy (non-hydrogen) atoms. The molecule has 4 aromatic rings. The number of carbonyl (C=O) groups is 1. The third-order valence-electron chi connectivity index (χ3n) is 3.95. The van der Waals surface area contributed by atoms with Crippen molar-refractivity contribution in [3.05, 3.63) is 48.4 Å². The molecule has 0 unspecified atom stereocenters. The van der Waals surface area contributed by atoms with Crippen LogP contribution < -0.4 is 11.5 Å². The van der Waals surface area contributed by atoms with Gasteiger partial charge in [-0.15, -0.1) is 0 Å². The number of benzene rings is 2. The van der Waals surface area contributed by atoms with Gasteiger partial charge in [-0.1, -0.05) is 12.1 Å². The number of nitrogen functional groups attached to an aromatic ring is 2. The third-order valence-corrected chi connectivity index (χ3v) is 3.95. The lowest BCUT2D eigenvalue weighted by atomic mass is 10.00. The number of carboxylic acids is 1. The molecule has 2 heterocycles. The van der Waals surface area contributed by atoms with Crippen molar-refractivity contribution in [2.24, 2.45) is 0 Å². The van der Waals surface area contributed by atoms with Crippen molar-refractivity contribution in [1.29, 1.82) is 0 Å². The molecule has 4 rings (SSSR count). The Kier molecular flexibility index (Phi) is 4.97. The Bertz CT molecular complexity index is 1200. The van der Waals surface area contributed by atoms with Crippen molar-refractivity contribution in [2.45, 2.75) is 6.18 Å². The highest BCUT2D eigenvalue weighted by atomic mass is 19.4. The number of H-pyrrole nitrogens is 1. The Labute approximate surface area is 160 Å². The van der Waals surface area contributed by atoms with Crippen LogP contribution in [0.2, 0.25) is 0 Å². The van der Waals surface area contributed by atoms with E-state index in [9.17, 15) is 17.6 Å². The molecular formula is C18H13F4N5O2. The lowest BCUT2D eigenvalue weighted by molar-refractivity contribution is -0.192. The predicted molar refractivity (Wildman–Crippen MR) is 99.3 cm³/mol. The van der Waals surface area contributed by atoms with Gasteiger partial charge in [0.25, 0.3) is 0 Å². The molecule has 150 valence electrons. The minimum Gasteiger partial charge on any atom is -0.475 e. The highest BCUT2D eigenvalue weighted by molar-refractivity contribution is 6.15. The summed E-state index contributed by atoms with van der Waals surface area (Å²) >= 11 is 0. The molecule has 2 aromatic heterocycles. The monoisotopic (exact) mass is 407 g/mol. The quantitative estimate of drug-likeness (QED) is 0.356. The predicted octanol–water partition coefficient (Wildman–Crippen LogP) is 3.71. The Morgan fingerprint density at radius 3 is 2.28 bits per heavy atom. The fourth-order valence-electron chi connectivity index (χ4n) is 2.76. The van der Waals surface area contributed by atoms with Crippen molar-refractivity contribution in [3.63, 3.8) is 0 Å². The standard InChI is InChI=1S/C16H12FN5.C2HF3O2/c17-9-3-1-8(2-4-9)11-7-12-13(10-5-6-20-14(10)11)15(18)22-16(19)21-12;3-2(4,5)1(6)7/h1-7,20H,(H4,18,19,21,22);(H,6,7). The number of halogens is 4. The summed E-state index contributed by atoms with van der Waals surface area (Å²) in [7, 11) is 0. The first-order chi connectivity index (χ1) is 13.6. The van der Waals surface area contributed by atoms with E-state index in [1.165, 1.54) is 12.1 Å². The maximum atomic E-state index is 13.2. The Hall–Kier alpha value is -3.89. The van der Waals surface area contributed by atoms with Gasteiger partial charge in [0.15, 0.2) is 0 Å². The molecule has 7 nitrogen and oxygen atoms in total. The average Bonchev–Trinajstić information content (AvgIpc) is 3.10. The molecule has 0 spiro atoms. The summed E-state index contributed by atoms with van der Waals surface area (Å²) in [6, 6.07) is 10.1. The number of aliphatic carboxylic acids is 1. The molecule has 0 fully saturated rings. The van der Waals surface area contributed by atoms with Gasteiger partial charge < -0.3 is 21.6 Å². The normalized spacial score (nSPS) is 11.3. The van der Waals surface area contributed by atoms with Crippen LogP contribution in [0.3, 0.4) is 0 Å². The molecule has 11 heteroatoms. The zero-order valence-corrected chi connectivity index (χ0v) is 14.5. The maximum absolute atomic E-state index is 13.2. The van der Waals surface area contributed by atoms with Gasteiger partial charge in [0, 0.05) is 17.1 Å². The Morgan fingerprint density at radius 1 is 1.07 bits per heavy atom. The van der Waals surface area contributed by atoms with Gasteiger partial charge in [0.1, 0.15) is 11.6 Å². The van der Waals surface area contributed by atoms with Crippen LogP contribution in [0.15, 0.2) is 42.6 Å². The van der Waals surface area contributed by atoms with Crippen molar-refractivity contribution < 1.29 is 27.5 Å². The molecule has 0 saturated carbocycles. The SMILES string of the molecule is Nc1nc(N)c2c(cc(-c3ccc(F)cc3)c3[nH]ccc32)n1.O=C(O)C(F)(F)F. The van der Waals surface area contributed by atoms with Crippen LogP contribution in [0.4, 0.5) is 29.3 Å². The molecule has 0 atom stereocenters. The number of carboxylic acid groups (broad SMARTS) is 1. The van der Waals surface area contributed by atoms with Gasteiger partial charge in [-0.3, -0.25) is 0 Å². The Balaban J connectivity index is 0.000000298. The number of nitrogens with two attached hydrogens (primary N) is 2. The summed E-state index contributed by atoms with van der Waals surface area (Å²) < 4.78 is 44.9. The number of nitrogens with zero attached hydrogens (tertiary/aromatic N) is 2. The van der Waals surface area contributed by atoms with Gasteiger partial charge in [0.2, 0.25) is 5.95 Å². The molecule has 0 aliphatic carbocycles. The van der Waals surface area contributed by atoms with Crippen LogP contribution >= 0.6 is 0 Å². The van der Waals surface area contributed by atoms with Crippen molar-refractivity contribution in [1.82, 2.24) is 15.0 Å². The molecule has 0 aliphatic rings. The molecular weight excluding hydrogens is 394 g/mol. The number of fused-ring (bicyclic) bond motifs is 3. The highest BCUT2D eigenvalue weighted by Gasteiger charge is 2.38. The second kappa shape index (κ2) is 7.26. The van der Waals surface area contributed by atoms with Gasteiger partial charge in [-0.25, -0.2) is 14.2 Å². The van der Waals surface area contributed by atoms with Gasteiger partial charge in [-0.2, -0.15) is 18.2 Å². The van der Waals surface area contributed by atoms with Crippen LogP contribution in [0.1, 0.15) is 0 Å². The van der Waals surface area contributed by atoms with Gasteiger partial charge in [-0.05, 0) is 29.8 Å². The minimum atomic E-state index is -5.08. The van der Waals surface area contributed by atoms with Crippen LogP contribution in [0.25, 0.3) is 32.9 Å². The van der Waals surface area contributed by atoms with E-state index in [-0.39, 0.29) is 11.8 Å². The Morgan fingerprint density at radius 2 is 1.69 bits per heavy atom. The molecule has 0 aliphatic heterocycles. The number of nitrogens with one attached hydrogen (secondary N) is 1.